The monoisotopic (exact) mass is 703 g/mol. The van der Waals surface area contributed by atoms with Crippen molar-refractivity contribution in [2.45, 2.75) is 143 Å². The first kappa shape index (κ1) is 42.8. The number of ether oxygens (including phenoxy) is 2. The van der Waals surface area contributed by atoms with Gasteiger partial charge in [0.25, 0.3) is 0 Å². The predicted molar refractivity (Wildman–Crippen MR) is 203 cm³/mol. The van der Waals surface area contributed by atoms with E-state index in [1.165, 1.54) is 4.90 Å². The van der Waals surface area contributed by atoms with Crippen LogP contribution >= 0.6 is 0 Å². The highest BCUT2D eigenvalue weighted by Gasteiger charge is 2.40. The molecule has 0 fully saturated rings. The number of esters is 1. The first-order chi connectivity index (χ1) is 24.0. The number of carbonyl (C=O) groups is 4. The smallest absolute Gasteiger partial charge is 0.408 e. The zero-order valence-electron chi connectivity index (χ0n) is 32.3. The normalized spacial score (nSPS) is 13.9. The molecule has 2 aromatic rings. The van der Waals surface area contributed by atoms with Gasteiger partial charge in [-0.3, -0.25) is 9.59 Å². The summed E-state index contributed by atoms with van der Waals surface area (Å²) in [4.78, 5) is 57.9. The van der Waals surface area contributed by atoms with Crippen LogP contribution in [0.1, 0.15) is 130 Å². The highest BCUT2D eigenvalue weighted by Crippen LogP contribution is 2.28. The summed E-state index contributed by atoms with van der Waals surface area (Å²) in [7, 11) is 0. The summed E-state index contributed by atoms with van der Waals surface area (Å²) in [6, 6.07) is 13.1. The number of nitrogens with one attached hydrogen (secondary N) is 2. The quantitative estimate of drug-likeness (QED) is 0.0927. The highest BCUT2D eigenvalue weighted by molar-refractivity contribution is 5.94. The van der Waals surface area contributed by atoms with E-state index in [1.54, 1.807) is 65.8 Å². The lowest BCUT2D eigenvalue weighted by atomic mass is 9.93. The van der Waals surface area contributed by atoms with Crippen LogP contribution < -0.4 is 10.6 Å². The summed E-state index contributed by atoms with van der Waals surface area (Å²) in [6.45, 7) is 16.8. The summed E-state index contributed by atoms with van der Waals surface area (Å²) in [5.41, 5.74) is 0.125. The van der Waals surface area contributed by atoms with Crippen molar-refractivity contribution in [2.75, 3.05) is 6.54 Å². The Labute approximate surface area is 306 Å². The molecule has 0 aliphatic rings. The number of nitrogens with zero attached hydrogens (tertiary/aromatic N) is 1. The minimum Gasteiger partial charge on any atom is -0.458 e. The number of alkyl carbamates (subject to hydrolysis) is 1. The number of terminal acetylenes is 1. The van der Waals surface area contributed by atoms with Crippen molar-refractivity contribution >= 4 is 23.9 Å². The maximum atomic E-state index is 14.9. The zero-order valence-corrected chi connectivity index (χ0v) is 32.3. The summed E-state index contributed by atoms with van der Waals surface area (Å²) in [5.74, 6) is 0.776. The van der Waals surface area contributed by atoms with Crippen molar-refractivity contribution in [1.29, 1.82) is 0 Å². The summed E-state index contributed by atoms with van der Waals surface area (Å²) < 4.78 is 11.3. The molecule has 0 aliphatic carbocycles. The fraction of sp³-hybridized carbons (Fsp3) is 0.571. The van der Waals surface area contributed by atoms with Gasteiger partial charge in [0.2, 0.25) is 11.8 Å². The molecular weight excluding hydrogens is 642 g/mol. The molecule has 2 rings (SSSR count). The first-order valence-corrected chi connectivity index (χ1v) is 18.4. The third-order valence-electron chi connectivity index (χ3n) is 8.45. The predicted octanol–water partition coefficient (Wildman–Crippen LogP) is 7.91. The van der Waals surface area contributed by atoms with Crippen molar-refractivity contribution in [3.63, 3.8) is 0 Å². The van der Waals surface area contributed by atoms with Crippen LogP contribution in [0.2, 0.25) is 0 Å². The molecule has 0 bridgehead atoms. The largest absolute Gasteiger partial charge is 0.458 e. The van der Waals surface area contributed by atoms with Crippen molar-refractivity contribution in [2.24, 2.45) is 5.92 Å². The van der Waals surface area contributed by atoms with E-state index in [-0.39, 0.29) is 18.9 Å². The van der Waals surface area contributed by atoms with E-state index in [1.807, 2.05) is 44.2 Å². The minimum atomic E-state index is -1.21. The molecule has 9 nitrogen and oxygen atoms in total. The van der Waals surface area contributed by atoms with Gasteiger partial charge in [-0.25, -0.2) is 9.59 Å². The molecule has 0 radical (unpaired) electrons. The number of hydrogen-bond acceptors (Lipinski definition) is 6. The lowest BCUT2D eigenvalue weighted by Crippen LogP contribution is -2.56. The third kappa shape index (κ3) is 14.8. The van der Waals surface area contributed by atoms with E-state index in [9.17, 15) is 19.2 Å². The van der Waals surface area contributed by atoms with Gasteiger partial charge in [0.15, 0.2) is 0 Å². The molecule has 4 unspecified atom stereocenters. The van der Waals surface area contributed by atoms with Crippen LogP contribution in [0.4, 0.5) is 4.79 Å². The summed E-state index contributed by atoms with van der Waals surface area (Å²) in [6.07, 6.45) is 11.7. The molecule has 0 spiro atoms. The molecule has 0 saturated heterocycles. The number of carbonyl (C=O) groups excluding carboxylic acids is 4. The van der Waals surface area contributed by atoms with E-state index in [2.05, 4.69) is 23.5 Å². The van der Waals surface area contributed by atoms with Crippen molar-refractivity contribution < 1.29 is 28.7 Å². The number of amides is 3. The maximum Gasteiger partial charge on any atom is 0.408 e. The van der Waals surface area contributed by atoms with Crippen LogP contribution in [0.15, 0.2) is 54.6 Å². The number of rotatable bonds is 18. The maximum absolute atomic E-state index is 14.9. The lowest BCUT2D eigenvalue weighted by molar-refractivity contribution is -0.159. The Balaban J connectivity index is 2.70. The van der Waals surface area contributed by atoms with Crippen LogP contribution in [0, 0.1) is 18.3 Å². The van der Waals surface area contributed by atoms with Gasteiger partial charge in [-0.2, -0.15) is 0 Å². The van der Waals surface area contributed by atoms with Gasteiger partial charge in [0, 0.05) is 18.5 Å². The van der Waals surface area contributed by atoms with Gasteiger partial charge in [0.1, 0.15) is 29.3 Å². The Morgan fingerprint density at radius 3 is 1.98 bits per heavy atom. The van der Waals surface area contributed by atoms with E-state index < -0.39 is 53.2 Å². The molecule has 2 aromatic carbocycles. The highest BCUT2D eigenvalue weighted by atomic mass is 16.6. The topological polar surface area (TPSA) is 114 Å². The number of benzene rings is 2. The van der Waals surface area contributed by atoms with Gasteiger partial charge in [-0.05, 0) is 71.1 Å². The van der Waals surface area contributed by atoms with Crippen molar-refractivity contribution in [3.05, 3.63) is 71.3 Å². The van der Waals surface area contributed by atoms with Crippen LogP contribution in [-0.2, 0) is 30.3 Å². The molecule has 2 N–H and O–H groups in total. The van der Waals surface area contributed by atoms with Gasteiger partial charge in [0.05, 0.1) is 0 Å². The van der Waals surface area contributed by atoms with E-state index in [0.717, 1.165) is 37.7 Å². The van der Waals surface area contributed by atoms with Crippen LogP contribution in [-0.4, -0.2) is 58.6 Å². The number of hydrogen-bond donors (Lipinski definition) is 2. The fourth-order valence-electron chi connectivity index (χ4n) is 5.71. The van der Waals surface area contributed by atoms with Crippen LogP contribution in [0.3, 0.4) is 0 Å². The van der Waals surface area contributed by atoms with E-state index >= 15 is 0 Å². The standard InChI is InChI=1S/C42H61N3O6/c1-11-14-15-16-17-23-28-45(38(47)35(30(4)12-2)44-40(49)51-42(8,9)10)36(33-27-22-21-26-32(33)13-3)37(46)43-34(39(48)50-41(5,6)7)29-31-24-19-18-20-25-31/h3,18-22,24-27,30,34-36H,11-12,14-17,23,28-29H2,1-2,4-10H3,(H,43,46)(H,44,49). The molecule has 0 heterocycles. The second-order valence-corrected chi connectivity index (χ2v) is 15.2. The summed E-state index contributed by atoms with van der Waals surface area (Å²) >= 11 is 0. The molecule has 0 saturated carbocycles. The van der Waals surface area contributed by atoms with Crippen molar-refractivity contribution in [3.8, 4) is 12.3 Å². The third-order valence-corrected chi connectivity index (χ3v) is 8.45. The van der Waals surface area contributed by atoms with Gasteiger partial charge in [-0.15, -0.1) is 6.42 Å². The first-order valence-electron chi connectivity index (χ1n) is 18.4. The average molecular weight is 704 g/mol. The SMILES string of the molecule is C#Cc1ccccc1C(C(=O)NC(Cc1ccccc1)C(=O)OC(C)(C)C)N(CCCCCCCC)C(=O)C(NC(=O)OC(C)(C)C)C(C)CC. The average Bonchev–Trinajstić information content (AvgIpc) is 3.06. The molecule has 0 aliphatic heterocycles. The van der Waals surface area contributed by atoms with Crippen LogP contribution in [0.25, 0.3) is 0 Å². The Bertz CT molecular complexity index is 1450. The van der Waals surface area contributed by atoms with Gasteiger partial charge >= 0.3 is 12.1 Å². The molecule has 3 amide bonds. The Kier molecular flexibility index (Phi) is 17.2. The van der Waals surface area contributed by atoms with Gasteiger partial charge < -0.3 is 25.0 Å². The summed E-state index contributed by atoms with van der Waals surface area (Å²) in [5, 5.41) is 5.77. The Morgan fingerprint density at radius 1 is 0.804 bits per heavy atom. The molecule has 51 heavy (non-hydrogen) atoms. The molecule has 4 atom stereocenters. The second-order valence-electron chi connectivity index (χ2n) is 15.2. The van der Waals surface area contributed by atoms with Gasteiger partial charge in [-0.1, -0.05) is 114 Å². The lowest BCUT2D eigenvalue weighted by Gasteiger charge is -2.37. The van der Waals surface area contributed by atoms with E-state index in [0.29, 0.717) is 24.0 Å². The van der Waals surface area contributed by atoms with Crippen LogP contribution in [0.5, 0.6) is 0 Å². The minimum absolute atomic E-state index is 0.173. The van der Waals surface area contributed by atoms with Crippen molar-refractivity contribution in [1.82, 2.24) is 15.5 Å². The molecule has 9 heteroatoms. The van der Waals surface area contributed by atoms with E-state index in [4.69, 9.17) is 15.9 Å². The molecular formula is C42H61N3O6. The molecule has 280 valence electrons. The molecule has 0 aromatic heterocycles. The second kappa shape index (κ2) is 20.5. The Morgan fingerprint density at radius 2 is 1.39 bits per heavy atom. The zero-order chi connectivity index (χ0) is 38.2. The Hall–Kier alpha value is -4.32. The fourth-order valence-corrected chi connectivity index (χ4v) is 5.71. The number of unbranched alkanes of at least 4 members (excludes halogenated alkanes) is 5.